The average Bonchev–Trinajstić information content (AvgIpc) is 2.15. The number of thioether (sulfide) groups is 1. The van der Waals surface area contributed by atoms with Crippen molar-refractivity contribution >= 4 is 24.1 Å². The van der Waals surface area contributed by atoms with E-state index in [0.29, 0.717) is 6.41 Å². The number of nitrogens with one attached hydrogen (secondary N) is 1. The molecule has 0 aromatic carbocycles. The van der Waals surface area contributed by atoms with Gasteiger partial charge in [0.15, 0.2) is 0 Å². The first-order chi connectivity index (χ1) is 6.25. The van der Waals surface area contributed by atoms with Gasteiger partial charge in [-0.3, -0.25) is 4.79 Å². The van der Waals surface area contributed by atoms with Crippen LogP contribution in [-0.4, -0.2) is 35.0 Å². The van der Waals surface area contributed by atoms with Gasteiger partial charge in [-0.25, -0.2) is 4.79 Å². The Morgan fingerprint density at radius 2 is 2.46 bits per heavy atom. The van der Waals surface area contributed by atoms with Gasteiger partial charge >= 0.3 is 5.97 Å². The summed E-state index contributed by atoms with van der Waals surface area (Å²) in [5.41, 5.74) is 0. The fourth-order valence-electron chi connectivity index (χ4n) is 1.51. The van der Waals surface area contributed by atoms with Crippen molar-refractivity contribution < 1.29 is 14.7 Å². The summed E-state index contributed by atoms with van der Waals surface area (Å²) in [5, 5.41) is 11.2. The fraction of sp³-hybridized carbons (Fsp3) is 0.750. The highest BCUT2D eigenvalue weighted by Crippen LogP contribution is 2.25. The van der Waals surface area contributed by atoms with Crippen molar-refractivity contribution in [2.24, 2.45) is 5.92 Å². The Balaban J connectivity index is 2.51. The van der Waals surface area contributed by atoms with Gasteiger partial charge in [-0.05, 0) is 30.3 Å². The van der Waals surface area contributed by atoms with E-state index in [9.17, 15) is 9.59 Å². The minimum Gasteiger partial charge on any atom is -0.480 e. The molecule has 0 aromatic heterocycles. The van der Waals surface area contributed by atoms with Crippen molar-refractivity contribution in [2.45, 2.75) is 18.9 Å². The predicted octanol–water partition coefficient (Wildman–Crippen LogP) is 0.329. The number of hydrogen-bond donors (Lipinski definition) is 2. The molecule has 0 radical (unpaired) electrons. The normalized spacial score (nSPS) is 24.8. The molecule has 2 N–H and O–H groups in total. The number of carbonyl (C=O) groups excluding carboxylic acids is 1. The first-order valence-corrected chi connectivity index (χ1v) is 5.41. The molecule has 2 atom stereocenters. The van der Waals surface area contributed by atoms with E-state index in [4.69, 9.17) is 5.11 Å². The highest BCUT2D eigenvalue weighted by Gasteiger charge is 2.28. The van der Waals surface area contributed by atoms with E-state index in [1.807, 2.05) is 0 Å². The lowest BCUT2D eigenvalue weighted by Crippen LogP contribution is -2.44. The van der Waals surface area contributed by atoms with Gasteiger partial charge in [0, 0.05) is 0 Å². The van der Waals surface area contributed by atoms with Crippen LogP contribution in [0.25, 0.3) is 0 Å². The third kappa shape index (κ3) is 2.91. The zero-order valence-electron chi connectivity index (χ0n) is 7.23. The van der Waals surface area contributed by atoms with Crippen LogP contribution in [0.15, 0.2) is 0 Å². The Labute approximate surface area is 81.1 Å². The van der Waals surface area contributed by atoms with Crippen LogP contribution in [0, 0.1) is 5.92 Å². The Morgan fingerprint density at radius 3 is 2.92 bits per heavy atom. The summed E-state index contributed by atoms with van der Waals surface area (Å²) in [4.78, 5) is 20.9. The van der Waals surface area contributed by atoms with Crippen molar-refractivity contribution in [1.82, 2.24) is 5.32 Å². The average molecular weight is 203 g/mol. The van der Waals surface area contributed by atoms with Crippen LogP contribution in [0.4, 0.5) is 0 Å². The number of aliphatic carboxylic acids is 1. The largest absolute Gasteiger partial charge is 0.480 e. The first kappa shape index (κ1) is 10.4. The molecule has 1 amide bonds. The number of carboxylic acid groups (broad SMARTS) is 1. The molecule has 1 saturated heterocycles. The Hall–Kier alpha value is -0.710. The number of carboxylic acids is 1. The molecular formula is C8H13NO3S. The summed E-state index contributed by atoms with van der Waals surface area (Å²) in [6, 6.07) is -0.703. The van der Waals surface area contributed by atoms with Crippen LogP contribution in [0.3, 0.4) is 0 Å². The summed E-state index contributed by atoms with van der Waals surface area (Å²) < 4.78 is 0. The summed E-state index contributed by atoms with van der Waals surface area (Å²) in [5.74, 6) is 1.09. The topological polar surface area (TPSA) is 66.4 Å². The van der Waals surface area contributed by atoms with Crippen LogP contribution in [0.5, 0.6) is 0 Å². The van der Waals surface area contributed by atoms with Crippen molar-refractivity contribution in [1.29, 1.82) is 0 Å². The third-order valence-electron chi connectivity index (χ3n) is 2.18. The molecule has 1 aliphatic rings. The maximum atomic E-state index is 10.8. The molecule has 1 fully saturated rings. The lowest BCUT2D eigenvalue weighted by atomic mass is 9.96. The Bertz CT molecular complexity index is 192. The lowest BCUT2D eigenvalue weighted by Gasteiger charge is -2.26. The number of amides is 1. The minimum atomic E-state index is -0.931. The molecule has 0 saturated carbocycles. The van der Waals surface area contributed by atoms with Gasteiger partial charge in [0.2, 0.25) is 6.41 Å². The zero-order chi connectivity index (χ0) is 9.68. The Morgan fingerprint density at radius 1 is 1.69 bits per heavy atom. The van der Waals surface area contributed by atoms with Gasteiger partial charge in [-0.1, -0.05) is 0 Å². The molecule has 0 aromatic rings. The Kier molecular flexibility index (Phi) is 4.08. The highest BCUT2D eigenvalue weighted by atomic mass is 32.2. The second-order valence-corrected chi connectivity index (χ2v) is 4.23. The highest BCUT2D eigenvalue weighted by molar-refractivity contribution is 7.99. The monoisotopic (exact) mass is 203 g/mol. The predicted molar refractivity (Wildman–Crippen MR) is 50.7 cm³/mol. The van der Waals surface area contributed by atoms with Gasteiger partial charge in [0.25, 0.3) is 0 Å². The number of hydrogen-bond acceptors (Lipinski definition) is 3. The fourth-order valence-corrected chi connectivity index (χ4v) is 2.71. The number of carbonyl (C=O) groups is 2. The lowest BCUT2D eigenvalue weighted by molar-refractivity contribution is -0.142. The maximum absolute atomic E-state index is 10.8. The second-order valence-electron chi connectivity index (χ2n) is 3.08. The van der Waals surface area contributed by atoms with Crippen LogP contribution in [-0.2, 0) is 9.59 Å². The van der Waals surface area contributed by atoms with Crippen LogP contribution in [0.2, 0.25) is 0 Å². The maximum Gasteiger partial charge on any atom is 0.326 e. The van der Waals surface area contributed by atoms with E-state index in [2.05, 4.69) is 5.32 Å². The van der Waals surface area contributed by atoms with Gasteiger partial charge in [-0.2, -0.15) is 11.8 Å². The van der Waals surface area contributed by atoms with Crippen molar-refractivity contribution in [3.63, 3.8) is 0 Å². The molecule has 74 valence electrons. The molecule has 1 aliphatic heterocycles. The molecule has 1 rings (SSSR count). The van der Waals surface area contributed by atoms with Gasteiger partial charge < -0.3 is 10.4 Å². The van der Waals surface area contributed by atoms with Crippen LogP contribution >= 0.6 is 11.8 Å². The minimum absolute atomic E-state index is 0.0847. The van der Waals surface area contributed by atoms with E-state index in [1.54, 1.807) is 11.8 Å². The molecular weight excluding hydrogens is 190 g/mol. The van der Waals surface area contributed by atoms with Crippen molar-refractivity contribution in [2.75, 3.05) is 11.5 Å². The van der Waals surface area contributed by atoms with E-state index < -0.39 is 12.0 Å². The first-order valence-electron chi connectivity index (χ1n) is 4.26. The summed E-state index contributed by atoms with van der Waals surface area (Å²) in [6.07, 6.45) is 2.41. The van der Waals surface area contributed by atoms with Crippen LogP contribution < -0.4 is 5.32 Å². The molecule has 2 unspecified atom stereocenters. The third-order valence-corrected chi connectivity index (χ3v) is 3.42. The summed E-state index contributed by atoms with van der Waals surface area (Å²) >= 11 is 1.76. The van der Waals surface area contributed by atoms with E-state index in [0.717, 1.165) is 24.3 Å². The summed E-state index contributed by atoms with van der Waals surface area (Å²) in [7, 11) is 0. The second kappa shape index (κ2) is 5.11. The molecule has 0 spiro atoms. The van der Waals surface area contributed by atoms with Crippen molar-refractivity contribution in [3.8, 4) is 0 Å². The van der Waals surface area contributed by atoms with E-state index in [-0.39, 0.29) is 5.92 Å². The van der Waals surface area contributed by atoms with Crippen molar-refractivity contribution in [3.05, 3.63) is 0 Å². The SMILES string of the molecule is O=CNC(C(=O)O)C1CCCSC1. The molecule has 5 heteroatoms. The van der Waals surface area contributed by atoms with Crippen LogP contribution in [0.1, 0.15) is 12.8 Å². The van der Waals surface area contributed by atoms with Gasteiger partial charge in [-0.15, -0.1) is 0 Å². The molecule has 0 aliphatic carbocycles. The van der Waals surface area contributed by atoms with E-state index >= 15 is 0 Å². The smallest absolute Gasteiger partial charge is 0.326 e. The molecule has 1 heterocycles. The molecule has 0 bridgehead atoms. The quantitative estimate of drug-likeness (QED) is 0.646. The number of rotatable bonds is 4. The van der Waals surface area contributed by atoms with E-state index in [1.165, 1.54) is 0 Å². The van der Waals surface area contributed by atoms with Gasteiger partial charge in [0.1, 0.15) is 6.04 Å². The van der Waals surface area contributed by atoms with Gasteiger partial charge in [0.05, 0.1) is 0 Å². The standard InChI is InChI=1S/C8H13NO3S/c10-5-9-7(8(11)12)6-2-1-3-13-4-6/h5-7H,1-4H2,(H,9,10)(H,11,12). The zero-order valence-corrected chi connectivity index (χ0v) is 8.05. The summed E-state index contributed by atoms with van der Waals surface area (Å²) in [6.45, 7) is 0. The molecule has 13 heavy (non-hydrogen) atoms. The molecule has 4 nitrogen and oxygen atoms in total.